The van der Waals surface area contributed by atoms with Crippen LogP contribution in [-0.2, 0) is 25.8 Å². The van der Waals surface area contributed by atoms with Crippen molar-refractivity contribution in [2.45, 2.75) is 38.6 Å². The molecule has 2 N–H and O–H groups in total. The molecule has 0 atom stereocenters. The molecule has 0 fully saturated rings. The first-order valence-electron chi connectivity index (χ1n) is 8.04. The fourth-order valence-corrected chi connectivity index (χ4v) is 3.80. The Morgan fingerprint density at radius 3 is 2.67 bits per heavy atom. The summed E-state index contributed by atoms with van der Waals surface area (Å²) >= 11 is 0. The molecular formula is C19H22N2. The average Bonchev–Trinajstić information content (AvgIpc) is 2.95. The van der Waals surface area contributed by atoms with Crippen LogP contribution in [0.5, 0.6) is 0 Å². The van der Waals surface area contributed by atoms with Gasteiger partial charge < -0.3 is 10.6 Å². The van der Waals surface area contributed by atoms with E-state index in [0.717, 1.165) is 25.2 Å². The number of hydrogen-bond donors (Lipinski definition) is 1. The van der Waals surface area contributed by atoms with Crippen LogP contribution in [0.4, 0.5) is 11.4 Å². The molecule has 0 bridgehead atoms. The monoisotopic (exact) mass is 278 g/mol. The summed E-state index contributed by atoms with van der Waals surface area (Å²) in [6.45, 7) is 2.16. The van der Waals surface area contributed by atoms with Gasteiger partial charge in [-0.15, -0.1) is 0 Å². The highest BCUT2D eigenvalue weighted by molar-refractivity contribution is 5.61. The molecule has 2 aliphatic rings. The van der Waals surface area contributed by atoms with Crippen LogP contribution in [0.25, 0.3) is 0 Å². The Hall–Kier alpha value is -1.96. The summed E-state index contributed by atoms with van der Waals surface area (Å²) in [4.78, 5) is 2.51. The van der Waals surface area contributed by atoms with E-state index in [2.05, 4.69) is 35.2 Å². The van der Waals surface area contributed by atoms with Crippen molar-refractivity contribution in [2.24, 2.45) is 0 Å². The third-order valence-corrected chi connectivity index (χ3v) is 4.85. The summed E-state index contributed by atoms with van der Waals surface area (Å²) in [5.41, 5.74) is 14.2. The van der Waals surface area contributed by atoms with Crippen molar-refractivity contribution in [2.75, 3.05) is 17.2 Å². The van der Waals surface area contributed by atoms with Gasteiger partial charge in [0.25, 0.3) is 0 Å². The first kappa shape index (κ1) is 12.8. The molecule has 1 aliphatic carbocycles. The lowest BCUT2D eigenvalue weighted by molar-refractivity contribution is 0.691. The molecule has 1 heterocycles. The number of fused-ring (bicyclic) bond motifs is 2. The molecule has 4 rings (SSSR count). The minimum absolute atomic E-state index is 0.883. The topological polar surface area (TPSA) is 29.3 Å². The highest BCUT2D eigenvalue weighted by atomic mass is 15.1. The highest BCUT2D eigenvalue weighted by Gasteiger charge is 2.18. The number of benzene rings is 2. The van der Waals surface area contributed by atoms with Gasteiger partial charge in [0.2, 0.25) is 0 Å². The Balaban J connectivity index is 1.61. The number of anilines is 2. The fourth-order valence-electron chi connectivity index (χ4n) is 3.80. The summed E-state index contributed by atoms with van der Waals surface area (Å²) in [5, 5.41) is 0. The number of nitrogens with zero attached hydrogens (tertiary/aromatic N) is 1. The number of hydrogen-bond acceptors (Lipinski definition) is 2. The van der Waals surface area contributed by atoms with Crippen LogP contribution in [0.2, 0.25) is 0 Å². The molecule has 0 radical (unpaired) electrons. The lowest BCUT2D eigenvalue weighted by Crippen LogP contribution is -2.28. The summed E-state index contributed by atoms with van der Waals surface area (Å²) in [7, 11) is 0. The van der Waals surface area contributed by atoms with Crippen molar-refractivity contribution in [1.29, 1.82) is 0 Å². The van der Waals surface area contributed by atoms with Crippen LogP contribution in [0.15, 0.2) is 36.4 Å². The van der Waals surface area contributed by atoms with Crippen LogP contribution in [0, 0.1) is 0 Å². The predicted molar refractivity (Wildman–Crippen MR) is 88.7 cm³/mol. The van der Waals surface area contributed by atoms with Crippen LogP contribution in [-0.4, -0.2) is 6.54 Å². The van der Waals surface area contributed by atoms with Crippen LogP contribution in [0.1, 0.15) is 35.1 Å². The quantitative estimate of drug-likeness (QED) is 0.849. The van der Waals surface area contributed by atoms with Gasteiger partial charge in [-0.05, 0) is 72.6 Å². The lowest BCUT2D eigenvalue weighted by atomic mass is 9.99. The molecule has 0 unspecified atom stereocenters. The smallest absolute Gasteiger partial charge is 0.0429 e. The van der Waals surface area contributed by atoms with E-state index in [1.807, 2.05) is 6.07 Å². The maximum atomic E-state index is 5.92. The maximum Gasteiger partial charge on any atom is 0.0429 e. The van der Waals surface area contributed by atoms with Crippen molar-refractivity contribution in [3.63, 3.8) is 0 Å². The SMILES string of the molecule is Nc1ccc2c(c1)CCCN2Cc1ccc2c(c1)CCC2. The van der Waals surface area contributed by atoms with E-state index in [4.69, 9.17) is 5.73 Å². The van der Waals surface area contributed by atoms with Crippen molar-refractivity contribution >= 4 is 11.4 Å². The van der Waals surface area contributed by atoms with E-state index in [1.54, 1.807) is 11.1 Å². The van der Waals surface area contributed by atoms with E-state index < -0.39 is 0 Å². The predicted octanol–water partition coefficient (Wildman–Crippen LogP) is 3.71. The second-order valence-electron chi connectivity index (χ2n) is 6.37. The normalized spacial score (nSPS) is 16.7. The van der Waals surface area contributed by atoms with Gasteiger partial charge in [-0.2, -0.15) is 0 Å². The minimum Gasteiger partial charge on any atom is -0.399 e. The van der Waals surface area contributed by atoms with Crippen molar-refractivity contribution in [3.8, 4) is 0 Å². The van der Waals surface area contributed by atoms with Crippen molar-refractivity contribution < 1.29 is 0 Å². The van der Waals surface area contributed by atoms with E-state index in [1.165, 1.54) is 42.5 Å². The number of nitrogens with two attached hydrogens (primary N) is 1. The molecular weight excluding hydrogens is 256 g/mol. The number of nitrogen functional groups attached to an aromatic ring is 1. The van der Waals surface area contributed by atoms with Gasteiger partial charge in [0.15, 0.2) is 0 Å². The van der Waals surface area contributed by atoms with Gasteiger partial charge in [0.1, 0.15) is 0 Å². The molecule has 0 saturated carbocycles. The first-order chi connectivity index (χ1) is 10.3. The molecule has 0 saturated heterocycles. The van der Waals surface area contributed by atoms with Crippen molar-refractivity contribution in [1.82, 2.24) is 0 Å². The summed E-state index contributed by atoms with van der Waals surface area (Å²) in [5.74, 6) is 0. The van der Waals surface area contributed by atoms with Gasteiger partial charge in [-0.25, -0.2) is 0 Å². The first-order valence-corrected chi connectivity index (χ1v) is 8.04. The molecule has 2 nitrogen and oxygen atoms in total. The van der Waals surface area contributed by atoms with Crippen molar-refractivity contribution in [3.05, 3.63) is 58.7 Å². The Morgan fingerprint density at radius 2 is 1.71 bits per heavy atom. The highest BCUT2D eigenvalue weighted by Crippen LogP contribution is 2.31. The average molecular weight is 278 g/mol. The standard InChI is InChI=1S/C19H22N2/c20-18-8-9-19-17(12-18)5-2-10-21(19)13-14-6-7-15-3-1-4-16(15)11-14/h6-9,11-12H,1-5,10,13,20H2. The van der Waals surface area contributed by atoms with Crippen LogP contribution in [0.3, 0.4) is 0 Å². The fraction of sp³-hybridized carbons (Fsp3) is 0.368. The molecule has 108 valence electrons. The molecule has 1 aliphatic heterocycles. The number of aryl methyl sites for hydroxylation is 3. The molecule has 2 aromatic rings. The lowest BCUT2D eigenvalue weighted by Gasteiger charge is -2.31. The van der Waals surface area contributed by atoms with E-state index in [-0.39, 0.29) is 0 Å². The maximum absolute atomic E-state index is 5.92. The zero-order valence-corrected chi connectivity index (χ0v) is 12.4. The van der Waals surface area contributed by atoms with Gasteiger partial charge in [0.05, 0.1) is 0 Å². The van der Waals surface area contributed by atoms with Gasteiger partial charge in [-0.3, -0.25) is 0 Å². The van der Waals surface area contributed by atoms with Gasteiger partial charge >= 0.3 is 0 Å². The molecule has 0 aromatic heterocycles. The zero-order valence-electron chi connectivity index (χ0n) is 12.4. The Bertz CT molecular complexity index is 675. The molecule has 0 spiro atoms. The van der Waals surface area contributed by atoms with Crippen LogP contribution >= 0.6 is 0 Å². The van der Waals surface area contributed by atoms with Crippen LogP contribution < -0.4 is 10.6 Å². The zero-order chi connectivity index (χ0) is 14.2. The summed E-state index contributed by atoms with van der Waals surface area (Å²) < 4.78 is 0. The van der Waals surface area contributed by atoms with Gasteiger partial charge in [0, 0.05) is 24.5 Å². The third kappa shape index (κ3) is 2.39. The van der Waals surface area contributed by atoms with E-state index in [9.17, 15) is 0 Å². The second-order valence-corrected chi connectivity index (χ2v) is 6.37. The summed E-state index contributed by atoms with van der Waals surface area (Å²) in [6, 6.07) is 13.4. The molecule has 0 amide bonds. The Morgan fingerprint density at radius 1 is 0.857 bits per heavy atom. The van der Waals surface area contributed by atoms with Gasteiger partial charge in [-0.1, -0.05) is 18.2 Å². The molecule has 2 heteroatoms. The minimum atomic E-state index is 0.883. The van der Waals surface area contributed by atoms with E-state index in [0.29, 0.717) is 0 Å². The Labute approximate surface area is 126 Å². The second kappa shape index (κ2) is 5.10. The largest absolute Gasteiger partial charge is 0.399 e. The van der Waals surface area contributed by atoms with E-state index >= 15 is 0 Å². The third-order valence-electron chi connectivity index (χ3n) is 4.85. The molecule has 21 heavy (non-hydrogen) atoms. The Kier molecular flexibility index (Phi) is 3.10. The summed E-state index contributed by atoms with van der Waals surface area (Å²) in [6.07, 6.45) is 6.23. The number of rotatable bonds is 2. The molecule has 2 aromatic carbocycles.